The zero-order chi connectivity index (χ0) is 17.4. The summed E-state index contributed by atoms with van der Waals surface area (Å²) in [5.41, 5.74) is 4.68. The van der Waals surface area contributed by atoms with Crippen molar-refractivity contribution in [1.82, 2.24) is 15.1 Å². The minimum atomic E-state index is 0.0383. The fraction of sp³-hybridized carbons (Fsp3) is 0.158. The summed E-state index contributed by atoms with van der Waals surface area (Å²) in [6, 6.07) is 15.1. The van der Waals surface area contributed by atoms with Gasteiger partial charge in [0.2, 0.25) is 0 Å². The molecule has 0 fully saturated rings. The van der Waals surface area contributed by atoms with E-state index in [1.807, 2.05) is 53.4 Å². The van der Waals surface area contributed by atoms with E-state index in [0.717, 1.165) is 33.4 Å². The summed E-state index contributed by atoms with van der Waals surface area (Å²) in [5, 5.41) is 8.25. The summed E-state index contributed by atoms with van der Waals surface area (Å²) < 4.78 is 0.961. The van der Waals surface area contributed by atoms with Gasteiger partial charge in [0.05, 0.1) is 5.69 Å². The van der Waals surface area contributed by atoms with E-state index in [-0.39, 0.29) is 5.91 Å². The number of fused-ring (bicyclic) bond motifs is 1. The highest BCUT2D eigenvalue weighted by atomic mass is 79.9. The second kappa shape index (κ2) is 6.65. The molecule has 0 spiro atoms. The quantitative estimate of drug-likeness (QED) is 0.659. The van der Waals surface area contributed by atoms with Crippen molar-refractivity contribution in [2.75, 3.05) is 6.54 Å². The normalized spacial score (nSPS) is 13.6. The van der Waals surface area contributed by atoms with E-state index in [1.54, 1.807) is 0 Å². The van der Waals surface area contributed by atoms with Gasteiger partial charge in [-0.15, -0.1) is 0 Å². The third-order valence-electron chi connectivity index (χ3n) is 4.41. The topological polar surface area (TPSA) is 49.0 Å². The highest BCUT2D eigenvalue weighted by molar-refractivity contribution is 9.10. The van der Waals surface area contributed by atoms with Crippen LogP contribution in [-0.4, -0.2) is 27.5 Å². The average molecular weight is 417 g/mol. The number of nitrogens with zero attached hydrogens (tertiary/aromatic N) is 2. The lowest BCUT2D eigenvalue weighted by Crippen LogP contribution is -2.35. The lowest BCUT2D eigenvalue weighted by atomic mass is 10.0. The Hall–Kier alpha value is -2.11. The maximum Gasteiger partial charge on any atom is 0.254 e. The summed E-state index contributed by atoms with van der Waals surface area (Å²) in [5.74, 6) is 0.0383. The van der Waals surface area contributed by atoms with E-state index in [2.05, 4.69) is 26.1 Å². The minimum absolute atomic E-state index is 0.0383. The molecule has 4 rings (SSSR count). The van der Waals surface area contributed by atoms with Crippen LogP contribution in [0.4, 0.5) is 0 Å². The Morgan fingerprint density at radius 1 is 1.20 bits per heavy atom. The van der Waals surface area contributed by atoms with E-state index in [9.17, 15) is 4.79 Å². The standard InChI is InChI=1S/C19H15BrClN3O/c20-14-6-4-12(5-7-14)19(25)24-9-8-17-16(11-24)18(23-22-17)13-2-1-3-15(21)10-13/h1-7,10H,8-9,11H2,(H,22,23). The van der Waals surface area contributed by atoms with Crippen molar-refractivity contribution in [3.05, 3.63) is 74.8 Å². The molecule has 1 N–H and O–H groups in total. The van der Waals surface area contributed by atoms with Crippen LogP contribution in [0.3, 0.4) is 0 Å². The van der Waals surface area contributed by atoms with Gasteiger partial charge in [0.1, 0.15) is 0 Å². The highest BCUT2D eigenvalue weighted by Crippen LogP contribution is 2.30. The van der Waals surface area contributed by atoms with Crippen molar-refractivity contribution in [2.45, 2.75) is 13.0 Å². The zero-order valence-corrected chi connectivity index (χ0v) is 15.6. The number of benzene rings is 2. The van der Waals surface area contributed by atoms with Gasteiger partial charge in [-0.05, 0) is 36.4 Å². The van der Waals surface area contributed by atoms with Crippen LogP contribution in [0.15, 0.2) is 53.0 Å². The molecule has 0 unspecified atom stereocenters. The van der Waals surface area contributed by atoms with E-state index in [0.29, 0.717) is 23.7 Å². The number of carbonyl (C=O) groups excluding carboxylic acids is 1. The Kier molecular flexibility index (Phi) is 4.36. The van der Waals surface area contributed by atoms with Crippen LogP contribution in [0.2, 0.25) is 5.02 Å². The first kappa shape index (κ1) is 16.4. The molecule has 1 aliphatic heterocycles. The maximum absolute atomic E-state index is 12.8. The molecule has 25 heavy (non-hydrogen) atoms. The molecule has 0 saturated carbocycles. The van der Waals surface area contributed by atoms with Crippen molar-refractivity contribution in [3.63, 3.8) is 0 Å². The van der Waals surface area contributed by atoms with Gasteiger partial charge in [0.15, 0.2) is 0 Å². The van der Waals surface area contributed by atoms with E-state index in [1.165, 1.54) is 0 Å². The SMILES string of the molecule is O=C(c1ccc(Br)cc1)N1CCc2[nH]nc(-c3cccc(Cl)c3)c2C1. The Morgan fingerprint density at radius 2 is 2.00 bits per heavy atom. The minimum Gasteiger partial charge on any atom is -0.334 e. The number of carbonyl (C=O) groups is 1. The summed E-state index contributed by atoms with van der Waals surface area (Å²) in [7, 11) is 0. The van der Waals surface area contributed by atoms with E-state index in [4.69, 9.17) is 11.6 Å². The number of rotatable bonds is 2. The third kappa shape index (κ3) is 3.22. The number of aromatic nitrogens is 2. The van der Waals surface area contributed by atoms with Crippen molar-refractivity contribution in [1.29, 1.82) is 0 Å². The van der Waals surface area contributed by atoms with Crippen LogP contribution in [0.5, 0.6) is 0 Å². The van der Waals surface area contributed by atoms with Crippen LogP contribution in [-0.2, 0) is 13.0 Å². The fourth-order valence-corrected chi connectivity index (χ4v) is 3.57. The monoisotopic (exact) mass is 415 g/mol. The molecule has 126 valence electrons. The lowest BCUT2D eigenvalue weighted by molar-refractivity contribution is 0.0734. The number of aromatic amines is 1. The van der Waals surface area contributed by atoms with Crippen LogP contribution >= 0.6 is 27.5 Å². The summed E-state index contributed by atoms with van der Waals surface area (Å²) in [6.45, 7) is 1.22. The number of H-pyrrole nitrogens is 1. The first-order valence-electron chi connectivity index (χ1n) is 7.99. The van der Waals surface area contributed by atoms with E-state index < -0.39 is 0 Å². The maximum atomic E-state index is 12.8. The van der Waals surface area contributed by atoms with Crippen LogP contribution in [0.25, 0.3) is 11.3 Å². The second-order valence-corrected chi connectivity index (χ2v) is 7.38. The molecule has 0 saturated heterocycles. The third-order valence-corrected chi connectivity index (χ3v) is 5.17. The molecule has 1 aliphatic rings. The van der Waals surface area contributed by atoms with Crippen LogP contribution in [0, 0.1) is 0 Å². The fourth-order valence-electron chi connectivity index (χ4n) is 3.12. The van der Waals surface area contributed by atoms with Crippen molar-refractivity contribution < 1.29 is 4.79 Å². The Labute approximate surface area is 158 Å². The van der Waals surface area contributed by atoms with Gasteiger partial charge in [-0.1, -0.05) is 39.7 Å². The van der Waals surface area contributed by atoms with Gasteiger partial charge in [0, 0.05) is 51.4 Å². The Morgan fingerprint density at radius 3 is 2.76 bits per heavy atom. The predicted molar refractivity (Wildman–Crippen MR) is 102 cm³/mol. The molecule has 0 atom stereocenters. The van der Waals surface area contributed by atoms with Crippen molar-refractivity contribution in [2.24, 2.45) is 0 Å². The lowest BCUT2D eigenvalue weighted by Gasteiger charge is -2.27. The smallest absolute Gasteiger partial charge is 0.254 e. The number of hydrogen-bond acceptors (Lipinski definition) is 2. The van der Waals surface area contributed by atoms with E-state index >= 15 is 0 Å². The molecule has 1 amide bonds. The van der Waals surface area contributed by atoms with Gasteiger partial charge in [0.25, 0.3) is 5.91 Å². The zero-order valence-electron chi connectivity index (χ0n) is 13.3. The predicted octanol–water partition coefficient (Wildman–Crippen LogP) is 4.69. The molecule has 2 aromatic carbocycles. The van der Waals surface area contributed by atoms with Gasteiger partial charge in [-0.2, -0.15) is 5.10 Å². The van der Waals surface area contributed by atoms with Crippen molar-refractivity contribution >= 4 is 33.4 Å². The number of halogens is 2. The van der Waals surface area contributed by atoms with Crippen LogP contribution in [0.1, 0.15) is 21.6 Å². The first-order valence-corrected chi connectivity index (χ1v) is 9.16. The Bertz CT molecular complexity index is 936. The molecular formula is C19H15BrClN3O. The number of amides is 1. The largest absolute Gasteiger partial charge is 0.334 e. The number of nitrogens with one attached hydrogen (secondary N) is 1. The highest BCUT2D eigenvalue weighted by Gasteiger charge is 2.26. The van der Waals surface area contributed by atoms with Gasteiger partial charge in [-0.3, -0.25) is 9.89 Å². The first-order chi connectivity index (χ1) is 12.1. The molecule has 1 aromatic heterocycles. The van der Waals surface area contributed by atoms with Crippen LogP contribution < -0.4 is 0 Å². The summed E-state index contributed by atoms with van der Waals surface area (Å²) >= 11 is 9.51. The molecule has 6 heteroatoms. The molecule has 4 nitrogen and oxygen atoms in total. The molecule has 0 radical (unpaired) electrons. The van der Waals surface area contributed by atoms with Gasteiger partial charge in [-0.25, -0.2) is 0 Å². The number of hydrogen-bond donors (Lipinski definition) is 1. The van der Waals surface area contributed by atoms with Crippen molar-refractivity contribution in [3.8, 4) is 11.3 Å². The molecule has 0 bridgehead atoms. The summed E-state index contributed by atoms with van der Waals surface area (Å²) in [4.78, 5) is 14.7. The molecular weight excluding hydrogens is 402 g/mol. The summed E-state index contributed by atoms with van der Waals surface area (Å²) in [6.07, 6.45) is 0.769. The average Bonchev–Trinajstić information content (AvgIpc) is 3.05. The second-order valence-electron chi connectivity index (χ2n) is 6.02. The van der Waals surface area contributed by atoms with Gasteiger partial charge >= 0.3 is 0 Å². The molecule has 2 heterocycles. The molecule has 3 aromatic rings. The van der Waals surface area contributed by atoms with Gasteiger partial charge < -0.3 is 4.90 Å². The molecule has 0 aliphatic carbocycles. The Balaban J connectivity index is 1.63.